The molecule has 0 bridgehead atoms. The van der Waals surface area contributed by atoms with Crippen molar-refractivity contribution in [1.29, 1.82) is 0 Å². The van der Waals surface area contributed by atoms with Crippen LogP contribution in [-0.2, 0) is 15.9 Å². The maximum absolute atomic E-state index is 5.93. The molecular weight excluding hydrogens is 224 g/mol. The molecule has 1 saturated heterocycles. The minimum Gasteiger partial charge on any atom is -0.349 e. The molecule has 2 atom stereocenters. The highest BCUT2D eigenvalue weighted by Crippen LogP contribution is 2.27. The molecule has 2 aromatic rings. The summed E-state index contributed by atoms with van der Waals surface area (Å²) in [6.45, 7) is 0.640. The van der Waals surface area contributed by atoms with Crippen molar-refractivity contribution in [2.45, 2.75) is 18.8 Å². The molecule has 0 unspecified atom stereocenters. The minimum absolute atomic E-state index is 0.0694. The molecule has 3 rings (SSSR count). The lowest BCUT2D eigenvalue weighted by Crippen LogP contribution is -2.11. The Morgan fingerprint density at radius 2 is 1.56 bits per heavy atom. The Labute approximate surface area is 107 Å². The van der Waals surface area contributed by atoms with Crippen LogP contribution >= 0.6 is 0 Å². The van der Waals surface area contributed by atoms with Crippen LogP contribution in [0.2, 0.25) is 0 Å². The SMILES string of the molecule is c1ccc(C[C@@H]2OC[C@H](c3ccccc3)O2)cc1. The van der Waals surface area contributed by atoms with E-state index in [-0.39, 0.29) is 12.4 Å². The maximum Gasteiger partial charge on any atom is 0.162 e. The fourth-order valence-electron chi connectivity index (χ4n) is 2.21. The van der Waals surface area contributed by atoms with E-state index in [9.17, 15) is 0 Å². The minimum atomic E-state index is -0.127. The van der Waals surface area contributed by atoms with Crippen molar-refractivity contribution in [3.8, 4) is 0 Å². The summed E-state index contributed by atoms with van der Waals surface area (Å²) in [4.78, 5) is 0. The molecule has 2 nitrogen and oxygen atoms in total. The van der Waals surface area contributed by atoms with E-state index in [2.05, 4.69) is 24.3 Å². The zero-order chi connectivity index (χ0) is 12.2. The number of hydrogen-bond acceptors (Lipinski definition) is 2. The van der Waals surface area contributed by atoms with Crippen molar-refractivity contribution < 1.29 is 9.47 Å². The lowest BCUT2D eigenvalue weighted by Gasteiger charge is -2.11. The molecule has 0 N–H and O–H groups in total. The number of ether oxygens (including phenoxy) is 2. The van der Waals surface area contributed by atoms with Crippen LogP contribution in [-0.4, -0.2) is 12.9 Å². The summed E-state index contributed by atoms with van der Waals surface area (Å²) >= 11 is 0. The number of benzene rings is 2. The van der Waals surface area contributed by atoms with Crippen LogP contribution in [0.5, 0.6) is 0 Å². The van der Waals surface area contributed by atoms with E-state index < -0.39 is 0 Å². The monoisotopic (exact) mass is 240 g/mol. The maximum atomic E-state index is 5.93. The third kappa shape index (κ3) is 2.61. The molecule has 1 heterocycles. The second-order valence-electron chi connectivity index (χ2n) is 4.49. The molecule has 0 radical (unpaired) electrons. The second kappa shape index (κ2) is 5.34. The Kier molecular flexibility index (Phi) is 3.40. The van der Waals surface area contributed by atoms with Gasteiger partial charge in [0.25, 0.3) is 0 Å². The Hall–Kier alpha value is -1.64. The van der Waals surface area contributed by atoms with Gasteiger partial charge in [-0.05, 0) is 11.1 Å². The van der Waals surface area contributed by atoms with Crippen LogP contribution in [0.1, 0.15) is 17.2 Å². The van der Waals surface area contributed by atoms with Gasteiger partial charge in [-0.25, -0.2) is 0 Å². The topological polar surface area (TPSA) is 18.5 Å². The van der Waals surface area contributed by atoms with Gasteiger partial charge in [0.1, 0.15) is 6.10 Å². The van der Waals surface area contributed by atoms with Gasteiger partial charge in [0.15, 0.2) is 6.29 Å². The van der Waals surface area contributed by atoms with E-state index in [1.807, 2.05) is 36.4 Å². The summed E-state index contributed by atoms with van der Waals surface area (Å²) in [5.74, 6) is 0. The fraction of sp³-hybridized carbons (Fsp3) is 0.250. The number of hydrogen-bond donors (Lipinski definition) is 0. The normalized spacial score (nSPS) is 23.1. The van der Waals surface area contributed by atoms with Gasteiger partial charge in [0.05, 0.1) is 6.61 Å². The average molecular weight is 240 g/mol. The predicted molar refractivity (Wildman–Crippen MR) is 70.2 cm³/mol. The standard InChI is InChI=1S/C16H16O2/c1-3-7-13(8-4-1)11-16-17-12-15(18-16)14-9-5-2-6-10-14/h1-10,15-16H,11-12H2/t15-,16-/m1/s1. The van der Waals surface area contributed by atoms with Crippen molar-refractivity contribution in [2.24, 2.45) is 0 Å². The van der Waals surface area contributed by atoms with E-state index in [4.69, 9.17) is 9.47 Å². The first-order valence-electron chi connectivity index (χ1n) is 6.28. The summed E-state index contributed by atoms with van der Waals surface area (Å²) in [5.41, 5.74) is 2.43. The van der Waals surface area contributed by atoms with Gasteiger partial charge in [0, 0.05) is 6.42 Å². The quantitative estimate of drug-likeness (QED) is 0.819. The molecule has 0 spiro atoms. The van der Waals surface area contributed by atoms with Gasteiger partial charge in [-0.3, -0.25) is 0 Å². The first kappa shape index (κ1) is 11.5. The molecule has 0 aromatic heterocycles. The lowest BCUT2D eigenvalue weighted by atomic mass is 10.1. The molecule has 1 fully saturated rings. The summed E-state index contributed by atoms with van der Waals surface area (Å²) in [7, 11) is 0. The molecule has 0 saturated carbocycles. The highest BCUT2D eigenvalue weighted by molar-refractivity contribution is 5.19. The van der Waals surface area contributed by atoms with Gasteiger partial charge in [-0.15, -0.1) is 0 Å². The van der Waals surface area contributed by atoms with Gasteiger partial charge < -0.3 is 9.47 Å². The van der Waals surface area contributed by atoms with Gasteiger partial charge in [-0.1, -0.05) is 60.7 Å². The molecule has 2 heteroatoms. The summed E-state index contributed by atoms with van der Waals surface area (Å²) < 4.78 is 11.6. The molecule has 1 aliphatic rings. The van der Waals surface area contributed by atoms with Crippen LogP contribution in [0.25, 0.3) is 0 Å². The van der Waals surface area contributed by atoms with Crippen molar-refractivity contribution in [3.05, 3.63) is 71.8 Å². The van der Waals surface area contributed by atoms with E-state index in [1.54, 1.807) is 0 Å². The Morgan fingerprint density at radius 1 is 0.889 bits per heavy atom. The summed E-state index contributed by atoms with van der Waals surface area (Å²) in [6.07, 6.45) is 0.752. The average Bonchev–Trinajstić information content (AvgIpc) is 2.89. The Bertz CT molecular complexity index is 481. The first-order chi connectivity index (χ1) is 8.92. The third-order valence-corrected chi connectivity index (χ3v) is 3.17. The summed E-state index contributed by atoms with van der Waals surface area (Å²) in [5, 5.41) is 0. The fourth-order valence-corrected chi connectivity index (χ4v) is 2.21. The van der Waals surface area contributed by atoms with Gasteiger partial charge >= 0.3 is 0 Å². The van der Waals surface area contributed by atoms with Crippen LogP contribution in [0.4, 0.5) is 0 Å². The Morgan fingerprint density at radius 3 is 2.28 bits per heavy atom. The molecular formula is C16H16O2. The van der Waals surface area contributed by atoms with E-state index in [1.165, 1.54) is 11.1 Å². The molecule has 1 aliphatic heterocycles. The summed E-state index contributed by atoms with van der Waals surface area (Å²) in [6, 6.07) is 20.5. The largest absolute Gasteiger partial charge is 0.349 e. The molecule has 2 aromatic carbocycles. The van der Waals surface area contributed by atoms with Crippen LogP contribution < -0.4 is 0 Å². The number of rotatable bonds is 3. The van der Waals surface area contributed by atoms with Crippen LogP contribution in [0.15, 0.2) is 60.7 Å². The molecule has 0 amide bonds. The van der Waals surface area contributed by atoms with E-state index >= 15 is 0 Å². The predicted octanol–water partition coefficient (Wildman–Crippen LogP) is 3.34. The zero-order valence-electron chi connectivity index (χ0n) is 10.2. The van der Waals surface area contributed by atoms with Crippen molar-refractivity contribution >= 4 is 0 Å². The van der Waals surface area contributed by atoms with Crippen LogP contribution in [0.3, 0.4) is 0 Å². The molecule has 0 aliphatic carbocycles. The molecule has 92 valence electrons. The first-order valence-corrected chi connectivity index (χ1v) is 6.28. The van der Waals surface area contributed by atoms with Crippen molar-refractivity contribution in [3.63, 3.8) is 0 Å². The highest BCUT2D eigenvalue weighted by Gasteiger charge is 2.26. The third-order valence-electron chi connectivity index (χ3n) is 3.17. The Balaban J connectivity index is 1.62. The highest BCUT2D eigenvalue weighted by atomic mass is 16.7. The van der Waals surface area contributed by atoms with Gasteiger partial charge in [0.2, 0.25) is 0 Å². The second-order valence-corrected chi connectivity index (χ2v) is 4.49. The van der Waals surface area contributed by atoms with Crippen LogP contribution in [0, 0.1) is 0 Å². The van der Waals surface area contributed by atoms with Gasteiger partial charge in [-0.2, -0.15) is 0 Å². The van der Waals surface area contributed by atoms with E-state index in [0.29, 0.717) is 6.61 Å². The zero-order valence-corrected chi connectivity index (χ0v) is 10.2. The van der Waals surface area contributed by atoms with Crippen molar-refractivity contribution in [1.82, 2.24) is 0 Å². The van der Waals surface area contributed by atoms with E-state index in [0.717, 1.165) is 6.42 Å². The smallest absolute Gasteiger partial charge is 0.162 e. The lowest BCUT2D eigenvalue weighted by molar-refractivity contribution is -0.0563. The van der Waals surface area contributed by atoms with Crippen molar-refractivity contribution in [2.75, 3.05) is 6.61 Å². The molecule has 18 heavy (non-hydrogen) atoms.